The second kappa shape index (κ2) is 19.7. The Morgan fingerprint density at radius 3 is 1.75 bits per heavy atom. The Hall–Kier alpha value is -8.96. The molecule has 1 unspecified atom stereocenters. The van der Waals surface area contributed by atoms with Gasteiger partial charge in [0, 0.05) is 102 Å². The quantitative estimate of drug-likeness (QED) is 0.0857. The van der Waals surface area contributed by atoms with Crippen LogP contribution in [0.25, 0.3) is 115 Å². The number of anilines is 1. The lowest BCUT2D eigenvalue weighted by Crippen LogP contribution is -2.19. The summed E-state index contributed by atoms with van der Waals surface area (Å²) >= 11 is 2.30. The van der Waals surface area contributed by atoms with Crippen molar-refractivity contribution in [1.82, 2.24) is 55.2 Å². The molecule has 1 aliphatic rings. The van der Waals surface area contributed by atoms with E-state index < -0.39 is 0 Å². The molecule has 1 atom stereocenters. The second-order valence-electron chi connectivity index (χ2n) is 19.1. The van der Waals surface area contributed by atoms with Gasteiger partial charge in [-0.15, -0.1) is 22.7 Å². The summed E-state index contributed by atoms with van der Waals surface area (Å²) in [6.07, 6.45) is 12.3. The number of hydrogen-bond acceptors (Lipinski definition) is 10. The molecule has 76 heavy (non-hydrogen) atoms. The second-order valence-corrected chi connectivity index (χ2v) is 21.2. The molecule has 12 nitrogen and oxygen atoms in total. The summed E-state index contributed by atoms with van der Waals surface area (Å²) in [5, 5.41) is 22.4. The number of aromatic nitrogens is 10. The van der Waals surface area contributed by atoms with Crippen molar-refractivity contribution in [1.29, 1.82) is 0 Å². The van der Waals surface area contributed by atoms with Gasteiger partial charge in [0.2, 0.25) is 0 Å². The molecule has 1 fully saturated rings. The van der Waals surface area contributed by atoms with Crippen LogP contribution in [0.5, 0.6) is 0 Å². The molecule has 1 aliphatic heterocycles. The van der Waals surface area contributed by atoms with Crippen molar-refractivity contribution in [2.75, 3.05) is 18.4 Å². The number of nitrogens with zero attached hydrogens (tertiary/aromatic N) is 7. The van der Waals surface area contributed by atoms with Gasteiger partial charge >= 0.3 is 0 Å². The van der Waals surface area contributed by atoms with Crippen LogP contribution in [0.1, 0.15) is 24.5 Å². The zero-order chi connectivity index (χ0) is 51.3. The number of thiophene rings is 2. The average molecular weight is 1040 g/mol. The number of likely N-dealkylation sites (tertiary alicyclic amines) is 1. The van der Waals surface area contributed by atoms with Gasteiger partial charge < -0.3 is 15.3 Å². The molecule has 0 aliphatic carbocycles. The number of halogens is 2. The predicted octanol–water partition coefficient (Wildman–Crippen LogP) is 15.0. The Morgan fingerprint density at radius 1 is 0.618 bits per heavy atom. The smallest absolute Gasteiger partial charge is 0.176 e. The number of nitrogens with one attached hydrogen (secondary N) is 5. The first-order valence-electron chi connectivity index (χ1n) is 24.8. The molecule has 0 radical (unpaired) electrons. The number of hydrogen-bond donors (Lipinski definition) is 5. The fourth-order valence-corrected chi connectivity index (χ4v) is 11.7. The predicted molar refractivity (Wildman–Crippen MR) is 304 cm³/mol. The minimum absolute atomic E-state index is 0.186. The zero-order valence-electron chi connectivity index (χ0n) is 40.9. The SMILES string of the molecule is C=C(Nc1cncc(-c2cc3c(-c4cc5c(-c6ccc(F)s6)cccc5[nH]4)n[nH]c3cn2)c1)c1ccccc1.CC1CCN(Cc2cncc(-c3cc4c(-c5cc6c(-c7ccc(F)s7)cccc6[nH]5)n[nH]c4cn3)c2)C1. The van der Waals surface area contributed by atoms with Crippen molar-refractivity contribution in [3.05, 3.63) is 193 Å². The van der Waals surface area contributed by atoms with Crippen LogP contribution in [0.2, 0.25) is 0 Å². The molecule has 16 heteroatoms. The van der Waals surface area contributed by atoms with E-state index in [1.165, 1.54) is 24.1 Å². The summed E-state index contributed by atoms with van der Waals surface area (Å²) < 4.78 is 27.5. The van der Waals surface area contributed by atoms with E-state index in [0.717, 1.165) is 175 Å². The Balaban J connectivity index is 0.000000146. The normalized spacial score (nSPS) is 13.8. The van der Waals surface area contributed by atoms with Crippen molar-refractivity contribution in [2.45, 2.75) is 19.9 Å². The summed E-state index contributed by atoms with van der Waals surface area (Å²) in [6.45, 7) is 9.66. The van der Waals surface area contributed by atoms with Crippen LogP contribution in [-0.2, 0) is 6.54 Å². The first-order valence-corrected chi connectivity index (χ1v) is 26.4. The van der Waals surface area contributed by atoms with Crippen LogP contribution < -0.4 is 5.32 Å². The summed E-state index contributed by atoms with van der Waals surface area (Å²) in [6, 6.07) is 41.1. The molecule has 0 saturated carbocycles. The highest BCUT2D eigenvalue weighted by atomic mass is 32.1. The van der Waals surface area contributed by atoms with E-state index in [4.69, 9.17) is 4.98 Å². The highest BCUT2D eigenvalue weighted by Gasteiger charge is 2.21. The molecule has 3 aromatic carbocycles. The number of pyridine rings is 4. The number of H-pyrrole nitrogens is 4. The van der Waals surface area contributed by atoms with Gasteiger partial charge in [0.15, 0.2) is 10.3 Å². The third kappa shape index (κ3) is 9.23. The van der Waals surface area contributed by atoms with Crippen molar-refractivity contribution < 1.29 is 8.78 Å². The zero-order valence-corrected chi connectivity index (χ0v) is 42.5. The van der Waals surface area contributed by atoms with Gasteiger partial charge in [0.1, 0.15) is 11.4 Å². The Morgan fingerprint density at radius 2 is 1.20 bits per heavy atom. The number of fused-ring (bicyclic) bond motifs is 4. The number of benzene rings is 3. The maximum Gasteiger partial charge on any atom is 0.176 e. The molecule has 0 spiro atoms. The fraction of sp³-hybridized carbons (Fsp3) is 0.100. The van der Waals surface area contributed by atoms with E-state index in [1.54, 1.807) is 18.6 Å². The van der Waals surface area contributed by atoms with E-state index >= 15 is 0 Å². The topological polar surface area (TPSA) is 156 Å². The van der Waals surface area contributed by atoms with Gasteiger partial charge in [-0.3, -0.25) is 35.0 Å². The lowest BCUT2D eigenvalue weighted by atomic mass is 10.1. The van der Waals surface area contributed by atoms with E-state index in [1.807, 2.05) is 110 Å². The van der Waals surface area contributed by atoms with Crippen molar-refractivity contribution >= 4 is 77.7 Å². The molecule has 0 bridgehead atoms. The van der Waals surface area contributed by atoms with Gasteiger partial charge in [-0.1, -0.05) is 68.1 Å². The van der Waals surface area contributed by atoms with Gasteiger partial charge in [0.25, 0.3) is 0 Å². The van der Waals surface area contributed by atoms with E-state index in [2.05, 4.69) is 93.3 Å². The first kappa shape index (κ1) is 46.8. The molecule has 13 aromatic rings. The maximum atomic E-state index is 13.7. The lowest BCUT2D eigenvalue weighted by Gasteiger charge is -2.15. The molecule has 10 aromatic heterocycles. The first-order chi connectivity index (χ1) is 37.2. The molecule has 1 saturated heterocycles. The van der Waals surface area contributed by atoms with Crippen LogP contribution in [0.4, 0.5) is 14.5 Å². The molecule has 11 heterocycles. The van der Waals surface area contributed by atoms with Crippen LogP contribution >= 0.6 is 22.7 Å². The number of rotatable bonds is 11. The summed E-state index contributed by atoms with van der Waals surface area (Å²) in [4.78, 5) is 29.6. The summed E-state index contributed by atoms with van der Waals surface area (Å²) in [5.41, 5.74) is 16.3. The molecule has 0 amide bonds. The highest BCUT2D eigenvalue weighted by Crippen LogP contribution is 2.39. The van der Waals surface area contributed by atoms with Crippen LogP contribution in [0.3, 0.4) is 0 Å². The Bertz CT molecular complexity index is 4280. The monoisotopic (exact) mass is 1040 g/mol. The lowest BCUT2D eigenvalue weighted by molar-refractivity contribution is 0.320. The van der Waals surface area contributed by atoms with Crippen LogP contribution in [0, 0.1) is 16.2 Å². The van der Waals surface area contributed by atoms with E-state index in [0.29, 0.717) is 0 Å². The van der Waals surface area contributed by atoms with Crippen LogP contribution in [0.15, 0.2) is 171 Å². The Labute approximate surface area is 442 Å². The Kier molecular flexibility index (Phi) is 12.1. The molecule has 14 rings (SSSR count). The fourth-order valence-electron chi connectivity index (χ4n) is 10.1. The van der Waals surface area contributed by atoms with Gasteiger partial charge in [-0.2, -0.15) is 19.0 Å². The highest BCUT2D eigenvalue weighted by molar-refractivity contribution is 7.14. The van der Waals surface area contributed by atoms with Gasteiger partial charge in [-0.25, -0.2) is 0 Å². The standard InChI is InChI=1S/C31H21FN6S.C29H25FN6S/c1-18(19-6-3-2-4-7-19)35-21-12-20(15-33-16-21)26-14-24-28(17-34-26)37-38-31(24)27-13-23-22(8-5-9-25(23)36-27)29-10-11-30(32)39-29;1-17-7-8-36(15-17)16-18-9-19(13-31-12-18)24-11-22-26(14-32-24)34-35-29(22)25-10-21-20(3-2-4-23(21)33-25)27-5-6-28(30)37-27/h2-17,35-36H,1H2,(H,37,38);2-6,9-14,17,33H,7-8,15-16H2,1H3,(H,34,35). The minimum Gasteiger partial charge on any atom is -0.354 e. The average Bonchev–Trinajstić information content (AvgIpc) is 4.36. The summed E-state index contributed by atoms with van der Waals surface area (Å²) in [5.74, 6) is 0.756. The summed E-state index contributed by atoms with van der Waals surface area (Å²) in [7, 11) is 0. The maximum absolute atomic E-state index is 13.7. The largest absolute Gasteiger partial charge is 0.354 e. The van der Waals surface area contributed by atoms with Crippen LogP contribution in [-0.4, -0.2) is 68.3 Å². The van der Waals surface area contributed by atoms with Gasteiger partial charge in [-0.05, 0) is 103 Å². The molecular weight excluding hydrogens is 991 g/mol. The third-order valence-corrected chi connectivity index (χ3v) is 15.7. The minimum atomic E-state index is -0.200. The van der Waals surface area contributed by atoms with Crippen molar-refractivity contribution in [3.8, 4) is 66.2 Å². The van der Waals surface area contributed by atoms with Crippen molar-refractivity contribution in [3.63, 3.8) is 0 Å². The van der Waals surface area contributed by atoms with Gasteiger partial charge in [0.05, 0.1) is 58.1 Å². The molecular formula is C60H46F2N12S2. The van der Waals surface area contributed by atoms with E-state index in [9.17, 15) is 8.78 Å². The van der Waals surface area contributed by atoms with Crippen molar-refractivity contribution in [2.24, 2.45) is 5.92 Å². The molecule has 5 N–H and O–H groups in total. The third-order valence-electron chi connectivity index (χ3n) is 13.9. The molecule has 372 valence electrons. The number of aromatic amines is 4. The van der Waals surface area contributed by atoms with E-state index in [-0.39, 0.29) is 10.3 Å².